The van der Waals surface area contributed by atoms with E-state index in [0.717, 1.165) is 0 Å². The van der Waals surface area contributed by atoms with Crippen LogP contribution in [-0.4, -0.2) is 37.0 Å². The van der Waals surface area contributed by atoms with Crippen molar-refractivity contribution in [2.75, 3.05) is 20.1 Å². The first-order valence-electron chi connectivity index (χ1n) is 5.35. The lowest BCUT2D eigenvalue weighted by molar-refractivity contribution is -0.133. The summed E-state index contributed by atoms with van der Waals surface area (Å²) in [6, 6.07) is 1.89. The summed E-state index contributed by atoms with van der Waals surface area (Å²) in [6.45, 7) is 7.21. The van der Waals surface area contributed by atoms with Gasteiger partial charge < -0.3 is 10.2 Å². The molecule has 15 heavy (non-hydrogen) atoms. The van der Waals surface area contributed by atoms with Gasteiger partial charge in [-0.3, -0.25) is 4.79 Å². The zero-order valence-electron chi connectivity index (χ0n) is 10.1. The Hall–Kier alpha value is -1.08. The molecule has 0 aliphatic heterocycles. The van der Waals surface area contributed by atoms with Gasteiger partial charge in [0.2, 0.25) is 5.91 Å². The molecule has 0 fully saturated rings. The summed E-state index contributed by atoms with van der Waals surface area (Å²) in [4.78, 5) is 13.6. The molecule has 4 nitrogen and oxygen atoms in total. The molecule has 0 aromatic heterocycles. The lowest BCUT2D eigenvalue weighted by Gasteiger charge is -2.26. The molecule has 0 bridgehead atoms. The van der Waals surface area contributed by atoms with Gasteiger partial charge >= 0.3 is 0 Å². The predicted octanol–water partition coefficient (Wildman–Crippen LogP) is 0.993. The van der Waals surface area contributed by atoms with E-state index in [-0.39, 0.29) is 11.9 Å². The number of amides is 1. The van der Waals surface area contributed by atoms with Crippen molar-refractivity contribution in [2.24, 2.45) is 5.92 Å². The maximum absolute atomic E-state index is 11.9. The van der Waals surface area contributed by atoms with Gasteiger partial charge in [-0.2, -0.15) is 5.26 Å². The van der Waals surface area contributed by atoms with Gasteiger partial charge in [0.25, 0.3) is 0 Å². The van der Waals surface area contributed by atoms with E-state index >= 15 is 0 Å². The molecule has 0 saturated carbocycles. The SMILES string of the molecule is CNC(C)C(=O)N(CCC#N)CC(C)C. The van der Waals surface area contributed by atoms with Crippen molar-refractivity contribution in [3.8, 4) is 6.07 Å². The highest BCUT2D eigenvalue weighted by Crippen LogP contribution is 2.02. The molecule has 4 heteroatoms. The van der Waals surface area contributed by atoms with E-state index < -0.39 is 0 Å². The fraction of sp³-hybridized carbons (Fsp3) is 0.818. The molecule has 0 saturated heterocycles. The highest BCUT2D eigenvalue weighted by Gasteiger charge is 2.19. The van der Waals surface area contributed by atoms with E-state index in [1.807, 2.05) is 6.92 Å². The molecular weight excluding hydrogens is 190 g/mol. The molecule has 0 spiro atoms. The standard InChI is InChI=1S/C11H21N3O/c1-9(2)8-14(7-5-6-12)11(15)10(3)13-4/h9-10,13H,5,7-8H2,1-4H3. The number of carbonyl (C=O) groups is 1. The molecule has 0 aliphatic rings. The first-order valence-corrected chi connectivity index (χ1v) is 5.35. The van der Waals surface area contributed by atoms with Gasteiger partial charge in [0.15, 0.2) is 0 Å². The van der Waals surface area contributed by atoms with Gasteiger partial charge in [-0.15, -0.1) is 0 Å². The van der Waals surface area contributed by atoms with Crippen LogP contribution in [0.25, 0.3) is 0 Å². The van der Waals surface area contributed by atoms with E-state index in [9.17, 15) is 4.79 Å². The maximum atomic E-state index is 11.9. The second kappa shape index (κ2) is 7.24. The summed E-state index contributed by atoms with van der Waals surface area (Å²) in [5.41, 5.74) is 0. The number of nitrogens with one attached hydrogen (secondary N) is 1. The summed E-state index contributed by atoms with van der Waals surface area (Å²) in [7, 11) is 1.76. The molecule has 0 rings (SSSR count). The second-order valence-electron chi connectivity index (χ2n) is 4.10. The minimum absolute atomic E-state index is 0.0708. The Bertz CT molecular complexity index is 232. The summed E-state index contributed by atoms with van der Waals surface area (Å²) in [5.74, 6) is 0.498. The lowest BCUT2D eigenvalue weighted by Crippen LogP contribution is -2.45. The molecular formula is C11H21N3O. The number of rotatable bonds is 6. The van der Waals surface area contributed by atoms with Crippen LogP contribution >= 0.6 is 0 Å². The van der Waals surface area contributed by atoms with Crippen molar-refractivity contribution >= 4 is 5.91 Å². The van der Waals surface area contributed by atoms with Crippen LogP contribution in [-0.2, 0) is 4.79 Å². The van der Waals surface area contributed by atoms with Crippen molar-refractivity contribution in [3.63, 3.8) is 0 Å². The predicted molar refractivity (Wildman–Crippen MR) is 60.2 cm³/mol. The van der Waals surface area contributed by atoms with Crippen LogP contribution in [0.2, 0.25) is 0 Å². The van der Waals surface area contributed by atoms with Crippen molar-refractivity contribution in [1.82, 2.24) is 10.2 Å². The first kappa shape index (κ1) is 13.9. The smallest absolute Gasteiger partial charge is 0.239 e. The number of carbonyl (C=O) groups excluding carboxylic acids is 1. The zero-order chi connectivity index (χ0) is 11.8. The normalized spacial score (nSPS) is 12.3. The summed E-state index contributed by atoms with van der Waals surface area (Å²) in [5, 5.41) is 11.4. The van der Waals surface area contributed by atoms with Gasteiger partial charge in [0.05, 0.1) is 18.5 Å². The van der Waals surface area contributed by atoms with Gasteiger partial charge in [-0.25, -0.2) is 0 Å². The molecule has 86 valence electrons. The van der Waals surface area contributed by atoms with Crippen molar-refractivity contribution in [3.05, 3.63) is 0 Å². The largest absolute Gasteiger partial charge is 0.340 e. The Morgan fingerprint density at radius 3 is 2.47 bits per heavy atom. The molecule has 0 heterocycles. The molecule has 1 amide bonds. The minimum atomic E-state index is -0.178. The minimum Gasteiger partial charge on any atom is -0.340 e. The highest BCUT2D eigenvalue weighted by atomic mass is 16.2. The van der Waals surface area contributed by atoms with Gasteiger partial charge in [0, 0.05) is 13.1 Å². The van der Waals surface area contributed by atoms with Crippen LogP contribution in [0.3, 0.4) is 0 Å². The number of hydrogen-bond acceptors (Lipinski definition) is 3. The highest BCUT2D eigenvalue weighted by molar-refractivity contribution is 5.81. The molecule has 0 aromatic rings. The Morgan fingerprint density at radius 2 is 2.07 bits per heavy atom. The third kappa shape index (κ3) is 5.38. The Kier molecular flexibility index (Phi) is 6.72. The average Bonchev–Trinajstić information content (AvgIpc) is 2.21. The lowest BCUT2D eigenvalue weighted by atomic mass is 10.2. The number of hydrogen-bond donors (Lipinski definition) is 1. The molecule has 0 aliphatic carbocycles. The number of nitriles is 1. The van der Waals surface area contributed by atoms with Crippen LogP contribution in [0.4, 0.5) is 0 Å². The van der Waals surface area contributed by atoms with E-state index in [1.165, 1.54) is 0 Å². The van der Waals surface area contributed by atoms with Gasteiger partial charge in [-0.05, 0) is 19.9 Å². The zero-order valence-corrected chi connectivity index (χ0v) is 10.1. The van der Waals surface area contributed by atoms with Gasteiger partial charge in [0.1, 0.15) is 0 Å². The third-order valence-corrected chi connectivity index (χ3v) is 2.19. The fourth-order valence-electron chi connectivity index (χ4n) is 1.31. The Balaban J connectivity index is 4.34. The molecule has 1 N–H and O–H groups in total. The molecule has 0 radical (unpaired) electrons. The van der Waals surface area contributed by atoms with E-state index in [1.54, 1.807) is 11.9 Å². The summed E-state index contributed by atoms with van der Waals surface area (Å²) < 4.78 is 0. The maximum Gasteiger partial charge on any atom is 0.239 e. The Morgan fingerprint density at radius 1 is 1.47 bits per heavy atom. The van der Waals surface area contributed by atoms with Crippen molar-refractivity contribution in [2.45, 2.75) is 33.2 Å². The average molecular weight is 211 g/mol. The first-order chi connectivity index (χ1) is 7.02. The van der Waals surface area contributed by atoms with Crippen LogP contribution in [0.5, 0.6) is 0 Å². The van der Waals surface area contributed by atoms with Crippen molar-refractivity contribution < 1.29 is 4.79 Å². The molecule has 1 unspecified atom stereocenters. The molecule has 0 aromatic carbocycles. The monoisotopic (exact) mass is 211 g/mol. The third-order valence-electron chi connectivity index (χ3n) is 2.19. The number of nitrogens with zero attached hydrogens (tertiary/aromatic N) is 2. The van der Waals surface area contributed by atoms with Crippen LogP contribution < -0.4 is 5.32 Å². The van der Waals surface area contributed by atoms with Crippen molar-refractivity contribution in [1.29, 1.82) is 5.26 Å². The van der Waals surface area contributed by atoms with Crippen LogP contribution in [0, 0.1) is 17.2 Å². The summed E-state index contributed by atoms with van der Waals surface area (Å²) >= 11 is 0. The van der Waals surface area contributed by atoms with Gasteiger partial charge in [-0.1, -0.05) is 13.8 Å². The fourth-order valence-corrected chi connectivity index (χ4v) is 1.31. The molecule has 1 atom stereocenters. The van der Waals surface area contributed by atoms with Crippen LogP contribution in [0.15, 0.2) is 0 Å². The second-order valence-corrected chi connectivity index (χ2v) is 4.10. The van der Waals surface area contributed by atoms with E-state index in [4.69, 9.17) is 5.26 Å². The quantitative estimate of drug-likeness (QED) is 0.713. The van der Waals surface area contributed by atoms with E-state index in [0.29, 0.717) is 25.4 Å². The topological polar surface area (TPSA) is 56.1 Å². The summed E-state index contributed by atoms with van der Waals surface area (Å²) in [6.07, 6.45) is 0.398. The Labute approximate surface area is 92.3 Å². The van der Waals surface area contributed by atoms with E-state index in [2.05, 4.69) is 25.2 Å². The van der Waals surface area contributed by atoms with Crippen LogP contribution in [0.1, 0.15) is 27.2 Å². The number of likely N-dealkylation sites (N-methyl/N-ethyl adjacent to an activating group) is 1.